The molecule has 0 aliphatic rings. The average molecular weight is 215 g/mol. The van der Waals surface area contributed by atoms with E-state index in [2.05, 4.69) is 0 Å². The van der Waals surface area contributed by atoms with E-state index in [0.717, 1.165) is 0 Å². The second kappa shape index (κ2) is 5.73. The minimum Gasteiger partial charge on any atom is -0.480 e. The van der Waals surface area contributed by atoms with E-state index in [-0.39, 0.29) is 5.91 Å². The van der Waals surface area contributed by atoms with Gasteiger partial charge in [-0.3, -0.25) is 9.59 Å². The second-order valence-electron chi connectivity index (χ2n) is 3.57. The number of hydrogen-bond donors (Lipinski definition) is 1. The van der Waals surface area contributed by atoms with Crippen molar-refractivity contribution in [2.75, 3.05) is 13.1 Å². The van der Waals surface area contributed by atoms with Crippen molar-refractivity contribution in [1.82, 2.24) is 4.90 Å². The average Bonchev–Trinajstić information content (AvgIpc) is 2.22. The van der Waals surface area contributed by atoms with Crippen LogP contribution in [0.3, 0.4) is 0 Å². The minimum absolute atomic E-state index is 0.259. The monoisotopic (exact) mass is 215 g/mol. The Labute approximate surface area is 91.3 Å². The maximum atomic E-state index is 12.1. The molecule has 0 saturated carbocycles. The Kier molecular flexibility index (Phi) is 5.33. The van der Waals surface area contributed by atoms with Crippen LogP contribution >= 0.6 is 0 Å². The molecule has 0 bridgehead atoms. The summed E-state index contributed by atoms with van der Waals surface area (Å²) in [6.45, 7) is 8.34. The van der Waals surface area contributed by atoms with Crippen LogP contribution in [0.25, 0.3) is 0 Å². The Morgan fingerprint density at radius 3 is 1.67 bits per heavy atom. The van der Waals surface area contributed by atoms with Gasteiger partial charge in [0.05, 0.1) is 0 Å². The molecule has 1 N–H and O–H groups in total. The number of carbonyl (C=O) groups is 2. The molecule has 0 aromatic heterocycles. The Balaban J connectivity index is 5.08. The number of nitrogens with zero attached hydrogens (tertiary/aromatic N) is 1. The smallest absolute Gasteiger partial charge is 0.319 e. The van der Waals surface area contributed by atoms with Gasteiger partial charge in [0.2, 0.25) is 5.91 Å². The van der Waals surface area contributed by atoms with Gasteiger partial charge in [-0.05, 0) is 26.7 Å². The van der Waals surface area contributed by atoms with Crippen molar-refractivity contribution in [1.29, 1.82) is 0 Å². The largest absolute Gasteiger partial charge is 0.480 e. The molecule has 0 aliphatic heterocycles. The van der Waals surface area contributed by atoms with E-state index in [0.29, 0.717) is 25.9 Å². The molecular weight excluding hydrogens is 194 g/mol. The molecule has 0 radical (unpaired) electrons. The summed E-state index contributed by atoms with van der Waals surface area (Å²) in [7, 11) is 0. The maximum absolute atomic E-state index is 12.1. The molecule has 0 atom stereocenters. The summed E-state index contributed by atoms with van der Waals surface area (Å²) in [6, 6.07) is 0. The molecule has 0 aromatic carbocycles. The SMILES string of the molecule is CCN(CC)C(=O)C(CC)(CC)C(=O)O. The number of carboxylic acids is 1. The van der Waals surface area contributed by atoms with E-state index in [1.165, 1.54) is 0 Å². The first-order valence-corrected chi connectivity index (χ1v) is 5.52. The van der Waals surface area contributed by atoms with Gasteiger partial charge in [0, 0.05) is 13.1 Å². The quantitative estimate of drug-likeness (QED) is 0.687. The van der Waals surface area contributed by atoms with Gasteiger partial charge in [0.15, 0.2) is 0 Å². The minimum atomic E-state index is -1.23. The highest BCUT2D eigenvalue weighted by atomic mass is 16.4. The van der Waals surface area contributed by atoms with Crippen molar-refractivity contribution in [3.05, 3.63) is 0 Å². The third kappa shape index (κ3) is 2.49. The highest BCUT2D eigenvalue weighted by molar-refractivity contribution is 6.01. The molecule has 15 heavy (non-hydrogen) atoms. The summed E-state index contributed by atoms with van der Waals surface area (Å²) in [5.41, 5.74) is -1.23. The molecule has 0 rings (SSSR count). The van der Waals surface area contributed by atoms with E-state index in [9.17, 15) is 14.7 Å². The lowest BCUT2D eigenvalue weighted by atomic mass is 9.81. The summed E-state index contributed by atoms with van der Waals surface area (Å²) >= 11 is 0. The highest BCUT2D eigenvalue weighted by Crippen LogP contribution is 2.29. The predicted octanol–water partition coefficient (Wildman–Crippen LogP) is 1.75. The van der Waals surface area contributed by atoms with Crippen molar-refractivity contribution < 1.29 is 14.7 Å². The number of amides is 1. The Hall–Kier alpha value is -1.06. The van der Waals surface area contributed by atoms with Crippen LogP contribution in [-0.4, -0.2) is 35.0 Å². The van der Waals surface area contributed by atoms with Crippen molar-refractivity contribution in [3.8, 4) is 0 Å². The third-order valence-electron chi connectivity index (χ3n) is 3.08. The normalized spacial score (nSPS) is 11.2. The second-order valence-corrected chi connectivity index (χ2v) is 3.57. The molecule has 1 amide bonds. The fourth-order valence-electron chi connectivity index (χ4n) is 1.76. The molecule has 0 spiro atoms. The molecule has 0 aromatic rings. The van der Waals surface area contributed by atoms with Crippen molar-refractivity contribution in [3.63, 3.8) is 0 Å². The summed E-state index contributed by atoms with van der Waals surface area (Å²) in [5, 5.41) is 9.19. The van der Waals surface area contributed by atoms with Gasteiger partial charge in [0.25, 0.3) is 0 Å². The number of carboxylic acid groups (broad SMARTS) is 1. The fraction of sp³-hybridized carbons (Fsp3) is 0.818. The zero-order valence-electron chi connectivity index (χ0n) is 10.0. The zero-order valence-corrected chi connectivity index (χ0v) is 10.0. The Morgan fingerprint density at radius 1 is 1.07 bits per heavy atom. The molecule has 4 nitrogen and oxygen atoms in total. The molecule has 4 heteroatoms. The molecule has 0 unspecified atom stereocenters. The summed E-state index contributed by atoms with van der Waals surface area (Å²) in [6.07, 6.45) is 0.683. The zero-order chi connectivity index (χ0) is 12.1. The van der Waals surface area contributed by atoms with E-state index < -0.39 is 11.4 Å². The van der Waals surface area contributed by atoms with Crippen LogP contribution in [0.2, 0.25) is 0 Å². The van der Waals surface area contributed by atoms with Gasteiger partial charge >= 0.3 is 5.97 Å². The number of aliphatic carboxylic acids is 1. The van der Waals surface area contributed by atoms with E-state index in [1.807, 2.05) is 13.8 Å². The lowest BCUT2D eigenvalue weighted by Crippen LogP contribution is -2.48. The van der Waals surface area contributed by atoms with Gasteiger partial charge in [-0.25, -0.2) is 0 Å². The summed E-state index contributed by atoms with van der Waals surface area (Å²) in [4.78, 5) is 24.9. The maximum Gasteiger partial charge on any atom is 0.319 e. The van der Waals surface area contributed by atoms with Crippen LogP contribution in [0.4, 0.5) is 0 Å². The van der Waals surface area contributed by atoms with Crippen LogP contribution in [0.5, 0.6) is 0 Å². The van der Waals surface area contributed by atoms with E-state index in [4.69, 9.17) is 0 Å². The van der Waals surface area contributed by atoms with Crippen LogP contribution in [-0.2, 0) is 9.59 Å². The van der Waals surface area contributed by atoms with E-state index >= 15 is 0 Å². The first-order chi connectivity index (χ1) is 6.99. The Bertz CT molecular complexity index is 230. The van der Waals surface area contributed by atoms with Crippen LogP contribution in [0, 0.1) is 5.41 Å². The van der Waals surface area contributed by atoms with Crippen LogP contribution in [0.15, 0.2) is 0 Å². The topological polar surface area (TPSA) is 57.6 Å². The van der Waals surface area contributed by atoms with Crippen molar-refractivity contribution in [2.45, 2.75) is 40.5 Å². The molecule has 0 saturated heterocycles. The van der Waals surface area contributed by atoms with E-state index in [1.54, 1.807) is 18.7 Å². The predicted molar refractivity (Wildman–Crippen MR) is 58.6 cm³/mol. The summed E-state index contributed by atoms with van der Waals surface area (Å²) < 4.78 is 0. The molecule has 0 aliphatic carbocycles. The highest BCUT2D eigenvalue weighted by Gasteiger charge is 2.44. The lowest BCUT2D eigenvalue weighted by Gasteiger charge is -2.31. The standard InChI is InChI=1S/C11H21NO3/c1-5-11(6-2,10(14)15)9(13)12(7-3)8-4/h5-8H2,1-4H3,(H,14,15). The molecular formula is C11H21NO3. The van der Waals surface area contributed by atoms with Crippen LogP contribution in [0.1, 0.15) is 40.5 Å². The third-order valence-corrected chi connectivity index (χ3v) is 3.08. The van der Waals surface area contributed by atoms with Gasteiger partial charge in [-0.1, -0.05) is 13.8 Å². The Morgan fingerprint density at radius 2 is 1.47 bits per heavy atom. The van der Waals surface area contributed by atoms with Gasteiger partial charge in [-0.2, -0.15) is 0 Å². The molecule has 0 fully saturated rings. The van der Waals surface area contributed by atoms with Gasteiger partial charge in [0.1, 0.15) is 5.41 Å². The first kappa shape index (κ1) is 13.9. The van der Waals surface area contributed by atoms with Crippen LogP contribution < -0.4 is 0 Å². The number of carbonyl (C=O) groups excluding carboxylic acids is 1. The molecule has 0 heterocycles. The fourth-order valence-corrected chi connectivity index (χ4v) is 1.76. The number of rotatable bonds is 6. The first-order valence-electron chi connectivity index (χ1n) is 5.52. The number of hydrogen-bond acceptors (Lipinski definition) is 2. The van der Waals surface area contributed by atoms with Gasteiger partial charge < -0.3 is 10.0 Å². The summed E-state index contributed by atoms with van der Waals surface area (Å²) in [5.74, 6) is -1.27. The lowest BCUT2D eigenvalue weighted by molar-refractivity contribution is -0.161. The van der Waals surface area contributed by atoms with Gasteiger partial charge in [-0.15, -0.1) is 0 Å². The van der Waals surface area contributed by atoms with Crippen molar-refractivity contribution >= 4 is 11.9 Å². The van der Waals surface area contributed by atoms with Crippen molar-refractivity contribution in [2.24, 2.45) is 5.41 Å². The molecule has 88 valence electrons.